The van der Waals surface area contributed by atoms with Gasteiger partial charge in [0, 0.05) is 39.1 Å². The third-order valence-corrected chi connectivity index (χ3v) is 6.36. The standard InChI is InChI=1S/C26H28N6O3/c1-18-8-9-23(35-18)24-22(17-32(29-24)21-6-4-3-5-7-21)26(34)31-12-10-19(11-13-31)14-27-25(33)20-15-28-30(2)16-20/h3-9,15-17,19H,10-14H2,1-2H3,(H,27,33). The molecule has 0 aliphatic carbocycles. The lowest BCUT2D eigenvalue weighted by molar-refractivity contribution is 0.0685. The average Bonchev–Trinajstić information content (AvgIpc) is 3.62. The van der Waals surface area contributed by atoms with E-state index >= 15 is 0 Å². The molecule has 1 fully saturated rings. The molecule has 0 unspecified atom stereocenters. The van der Waals surface area contributed by atoms with Gasteiger partial charge in [-0.05, 0) is 49.9 Å². The number of hydrogen-bond donors (Lipinski definition) is 1. The van der Waals surface area contributed by atoms with Crippen molar-refractivity contribution in [3.05, 3.63) is 77.9 Å². The molecule has 1 saturated heterocycles. The summed E-state index contributed by atoms with van der Waals surface area (Å²) in [5.41, 5.74) is 2.49. The molecule has 35 heavy (non-hydrogen) atoms. The highest BCUT2D eigenvalue weighted by Gasteiger charge is 2.28. The monoisotopic (exact) mass is 472 g/mol. The van der Waals surface area contributed by atoms with Crippen LogP contribution in [0.5, 0.6) is 0 Å². The van der Waals surface area contributed by atoms with Gasteiger partial charge in [-0.3, -0.25) is 14.3 Å². The first-order valence-electron chi connectivity index (χ1n) is 11.8. The molecular formula is C26H28N6O3. The van der Waals surface area contributed by atoms with Crippen LogP contribution in [0.1, 0.15) is 39.3 Å². The van der Waals surface area contributed by atoms with E-state index in [1.54, 1.807) is 35.0 Å². The van der Waals surface area contributed by atoms with E-state index in [1.165, 1.54) is 0 Å². The molecule has 1 N–H and O–H groups in total. The molecule has 5 rings (SSSR count). The van der Waals surface area contributed by atoms with E-state index in [0.717, 1.165) is 24.3 Å². The minimum atomic E-state index is -0.122. The number of nitrogens with zero attached hydrogens (tertiary/aromatic N) is 5. The summed E-state index contributed by atoms with van der Waals surface area (Å²) in [7, 11) is 1.78. The highest BCUT2D eigenvalue weighted by Crippen LogP contribution is 2.28. The number of likely N-dealkylation sites (tertiary alicyclic amines) is 1. The molecule has 0 saturated carbocycles. The molecule has 4 heterocycles. The summed E-state index contributed by atoms with van der Waals surface area (Å²) >= 11 is 0. The van der Waals surface area contributed by atoms with Crippen molar-refractivity contribution in [1.29, 1.82) is 0 Å². The summed E-state index contributed by atoms with van der Waals surface area (Å²) in [5, 5.41) is 11.7. The summed E-state index contributed by atoms with van der Waals surface area (Å²) in [6, 6.07) is 13.4. The maximum atomic E-state index is 13.6. The van der Waals surface area contributed by atoms with E-state index in [4.69, 9.17) is 9.52 Å². The molecule has 1 aromatic carbocycles. The van der Waals surface area contributed by atoms with E-state index in [0.29, 0.717) is 48.1 Å². The number of piperidine rings is 1. The Balaban J connectivity index is 1.27. The molecular weight excluding hydrogens is 444 g/mol. The zero-order chi connectivity index (χ0) is 24.4. The van der Waals surface area contributed by atoms with Crippen LogP contribution in [0, 0.1) is 12.8 Å². The summed E-state index contributed by atoms with van der Waals surface area (Å²) in [5.74, 6) is 1.48. The summed E-state index contributed by atoms with van der Waals surface area (Å²) < 4.78 is 9.15. The maximum Gasteiger partial charge on any atom is 0.257 e. The van der Waals surface area contributed by atoms with E-state index in [1.807, 2.05) is 54.3 Å². The van der Waals surface area contributed by atoms with Crippen molar-refractivity contribution in [1.82, 2.24) is 29.8 Å². The Morgan fingerprint density at radius 2 is 1.86 bits per heavy atom. The van der Waals surface area contributed by atoms with Crippen molar-refractivity contribution in [2.75, 3.05) is 19.6 Å². The van der Waals surface area contributed by atoms with E-state index in [9.17, 15) is 9.59 Å². The van der Waals surface area contributed by atoms with Gasteiger partial charge >= 0.3 is 0 Å². The van der Waals surface area contributed by atoms with Crippen molar-refractivity contribution >= 4 is 11.8 Å². The molecule has 0 radical (unpaired) electrons. The Morgan fingerprint density at radius 1 is 1.09 bits per heavy atom. The number of nitrogens with one attached hydrogen (secondary N) is 1. The SMILES string of the molecule is Cc1ccc(-c2nn(-c3ccccc3)cc2C(=O)N2CCC(CNC(=O)c3cnn(C)c3)CC2)o1. The average molecular weight is 473 g/mol. The topological polar surface area (TPSA) is 98.2 Å². The highest BCUT2D eigenvalue weighted by molar-refractivity contribution is 5.99. The first-order valence-corrected chi connectivity index (χ1v) is 11.8. The minimum Gasteiger partial charge on any atom is -0.460 e. The van der Waals surface area contributed by atoms with Crippen molar-refractivity contribution < 1.29 is 14.0 Å². The number of rotatable bonds is 6. The first kappa shape index (κ1) is 22.6. The molecule has 4 aromatic rings. The van der Waals surface area contributed by atoms with Crippen LogP contribution in [0.3, 0.4) is 0 Å². The van der Waals surface area contributed by atoms with Crippen LogP contribution >= 0.6 is 0 Å². The van der Waals surface area contributed by atoms with Gasteiger partial charge in [-0.15, -0.1) is 0 Å². The fourth-order valence-corrected chi connectivity index (χ4v) is 4.38. The number of carbonyl (C=O) groups excluding carboxylic acids is 2. The predicted molar refractivity (Wildman–Crippen MR) is 130 cm³/mol. The number of carbonyl (C=O) groups is 2. The van der Waals surface area contributed by atoms with Gasteiger partial charge in [0.2, 0.25) is 0 Å². The fourth-order valence-electron chi connectivity index (χ4n) is 4.38. The van der Waals surface area contributed by atoms with Gasteiger partial charge < -0.3 is 14.6 Å². The Hall–Kier alpha value is -4.14. The zero-order valence-electron chi connectivity index (χ0n) is 19.8. The second kappa shape index (κ2) is 9.61. The van der Waals surface area contributed by atoms with Crippen molar-refractivity contribution in [2.24, 2.45) is 13.0 Å². The number of aromatic nitrogens is 4. The molecule has 3 aromatic heterocycles. The van der Waals surface area contributed by atoms with Crippen molar-refractivity contribution in [3.8, 4) is 17.1 Å². The molecule has 0 atom stereocenters. The third kappa shape index (κ3) is 4.89. The minimum absolute atomic E-state index is 0.0610. The summed E-state index contributed by atoms with van der Waals surface area (Å²) in [4.78, 5) is 27.7. The molecule has 0 bridgehead atoms. The Labute approximate surface area is 203 Å². The second-order valence-corrected chi connectivity index (χ2v) is 8.93. The molecule has 0 spiro atoms. The predicted octanol–water partition coefficient (Wildman–Crippen LogP) is 3.46. The van der Waals surface area contributed by atoms with Crippen molar-refractivity contribution in [2.45, 2.75) is 19.8 Å². The van der Waals surface area contributed by atoms with Crippen LogP contribution in [0.2, 0.25) is 0 Å². The lowest BCUT2D eigenvalue weighted by Gasteiger charge is -2.32. The summed E-state index contributed by atoms with van der Waals surface area (Å²) in [6.07, 6.45) is 6.68. The van der Waals surface area contributed by atoms with Crippen LogP contribution < -0.4 is 5.32 Å². The molecule has 9 heteroatoms. The number of para-hydroxylation sites is 1. The summed E-state index contributed by atoms with van der Waals surface area (Å²) in [6.45, 7) is 3.70. The maximum absolute atomic E-state index is 13.6. The number of hydrogen-bond acceptors (Lipinski definition) is 5. The van der Waals surface area contributed by atoms with Crippen LogP contribution in [-0.4, -0.2) is 55.9 Å². The molecule has 2 amide bonds. The lowest BCUT2D eigenvalue weighted by Crippen LogP contribution is -2.41. The van der Waals surface area contributed by atoms with Gasteiger partial charge in [-0.25, -0.2) is 4.68 Å². The number of amides is 2. The van der Waals surface area contributed by atoms with E-state index in [2.05, 4.69) is 10.4 Å². The highest BCUT2D eigenvalue weighted by atomic mass is 16.3. The number of benzene rings is 1. The first-order chi connectivity index (χ1) is 17.0. The van der Waals surface area contributed by atoms with Gasteiger partial charge in [0.05, 0.1) is 23.0 Å². The molecule has 180 valence electrons. The largest absolute Gasteiger partial charge is 0.460 e. The third-order valence-electron chi connectivity index (χ3n) is 6.36. The Kier molecular flexibility index (Phi) is 6.22. The van der Waals surface area contributed by atoms with E-state index < -0.39 is 0 Å². The van der Waals surface area contributed by atoms with Crippen LogP contribution in [-0.2, 0) is 7.05 Å². The molecule has 1 aliphatic heterocycles. The van der Waals surface area contributed by atoms with Crippen LogP contribution in [0.25, 0.3) is 17.1 Å². The number of furan rings is 1. The lowest BCUT2D eigenvalue weighted by atomic mass is 9.96. The fraction of sp³-hybridized carbons (Fsp3) is 0.308. The molecule has 1 aliphatic rings. The second-order valence-electron chi connectivity index (χ2n) is 8.93. The quantitative estimate of drug-likeness (QED) is 0.464. The van der Waals surface area contributed by atoms with Gasteiger partial charge in [0.25, 0.3) is 11.8 Å². The van der Waals surface area contributed by atoms with Gasteiger partial charge in [-0.1, -0.05) is 18.2 Å². The Morgan fingerprint density at radius 3 is 2.51 bits per heavy atom. The van der Waals surface area contributed by atoms with Crippen LogP contribution in [0.4, 0.5) is 0 Å². The van der Waals surface area contributed by atoms with Gasteiger partial charge in [-0.2, -0.15) is 10.2 Å². The normalized spacial score (nSPS) is 14.3. The van der Waals surface area contributed by atoms with Crippen molar-refractivity contribution in [3.63, 3.8) is 0 Å². The zero-order valence-corrected chi connectivity index (χ0v) is 19.8. The molecule has 9 nitrogen and oxygen atoms in total. The van der Waals surface area contributed by atoms with Crippen LogP contribution in [0.15, 0.2) is 65.5 Å². The Bertz CT molecular complexity index is 1330. The van der Waals surface area contributed by atoms with Gasteiger partial charge in [0.1, 0.15) is 11.5 Å². The van der Waals surface area contributed by atoms with Gasteiger partial charge in [0.15, 0.2) is 5.76 Å². The van der Waals surface area contributed by atoms with E-state index in [-0.39, 0.29) is 11.8 Å². The smallest absolute Gasteiger partial charge is 0.257 e. The number of aryl methyl sites for hydroxylation is 2.